The Morgan fingerprint density at radius 3 is 1.10 bits per heavy atom. The van der Waals surface area contributed by atoms with Gasteiger partial charge in [0.25, 0.3) is 0 Å². The minimum atomic E-state index is -0.412. The first-order chi connectivity index (χ1) is 20.7. The van der Waals surface area contributed by atoms with E-state index in [-0.39, 0.29) is 12.2 Å². The van der Waals surface area contributed by atoms with Gasteiger partial charge in [0.05, 0.1) is 40.6 Å². The van der Waals surface area contributed by atoms with Crippen molar-refractivity contribution in [2.24, 2.45) is 0 Å². The van der Waals surface area contributed by atoms with Crippen molar-refractivity contribution in [3.8, 4) is 11.5 Å². The molecule has 0 fully saturated rings. The maximum atomic E-state index is 6.62. The van der Waals surface area contributed by atoms with E-state index in [1.807, 2.05) is 97.1 Å². The maximum Gasteiger partial charge on any atom is 0.118 e. The van der Waals surface area contributed by atoms with Crippen LogP contribution in [0, 0.1) is 0 Å². The van der Waals surface area contributed by atoms with E-state index < -0.39 is 12.2 Å². The molecule has 4 aromatic carbocycles. The molecule has 0 unspecified atom stereocenters. The second-order valence-electron chi connectivity index (χ2n) is 10.2. The van der Waals surface area contributed by atoms with Crippen LogP contribution in [-0.2, 0) is 45.4 Å². The van der Waals surface area contributed by atoms with Gasteiger partial charge < -0.3 is 28.4 Å². The van der Waals surface area contributed by atoms with Gasteiger partial charge in [-0.15, -0.1) is 0 Å². The largest absolute Gasteiger partial charge is 0.497 e. The molecule has 0 amide bonds. The van der Waals surface area contributed by atoms with E-state index in [0.29, 0.717) is 26.4 Å². The fourth-order valence-corrected chi connectivity index (χ4v) is 4.85. The van der Waals surface area contributed by atoms with Crippen LogP contribution in [0.15, 0.2) is 121 Å². The molecular weight excluding hydrogens is 528 g/mol. The molecule has 1 aliphatic carbocycles. The van der Waals surface area contributed by atoms with Gasteiger partial charge in [0, 0.05) is 0 Å². The van der Waals surface area contributed by atoms with Gasteiger partial charge in [0.2, 0.25) is 0 Å². The van der Waals surface area contributed by atoms with Crippen LogP contribution in [0.4, 0.5) is 0 Å². The second kappa shape index (κ2) is 15.3. The number of methoxy groups -OCH3 is 2. The van der Waals surface area contributed by atoms with Crippen LogP contribution in [0.5, 0.6) is 11.5 Å². The van der Waals surface area contributed by atoms with E-state index >= 15 is 0 Å². The molecule has 0 heterocycles. The Balaban J connectivity index is 1.37. The normalized spacial score (nSPS) is 19.9. The van der Waals surface area contributed by atoms with Crippen molar-refractivity contribution >= 4 is 0 Å². The van der Waals surface area contributed by atoms with Crippen molar-refractivity contribution in [1.82, 2.24) is 0 Å². The first kappa shape index (κ1) is 29.5. The molecule has 6 heteroatoms. The zero-order valence-electron chi connectivity index (χ0n) is 24.1. The number of hydrogen-bond donors (Lipinski definition) is 0. The molecule has 0 radical (unpaired) electrons. The minimum Gasteiger partial charge on any atom is -0.497 e. The average Bonchev–Trinajstić information content (AvgIpc) is 3.06. The number of rotatable bonds is 14. The lowest BCUT2D eigenvalue weighted by atomic mass is 9.95. The van der Waals surface area contributed by atoms with Gasteiger partial charge in [-0.3, -0.25) is 0 Å². The molecule has 218 valence electrons. The summed E-state index contributed by atoms with van der Waals surface area (Å²) in [6.45, 7) is 1.70. The summed E-state index contributed by atoms with van der Waals surface area (Å²) in [7, 11) is 3.32. The topological polar surface area (TPSA) is 55.4 Å². The zero-order valence-corrected chi connectivity index (χ0v) is 24.1. The van der Waals surface area contributed by atoms with Crippen LogP contribution in [0.3, 0.4) is 0 Å². The summed E-state index contributed by atoms with van der Waals surface area (Å²) in [5, 5.41) is 0. The van der Waals surface area contributed by atoms with Gasteiger partial charge in [-0.25, -0.2) is 0 Å². The summed E-state index contributed by atoms with van der Waals surface area (Å²) in [5.74, 6) is 1.62. The van der Waals surface area contributed by atoms with Crippen molar-refractivity contribution < 1.29 is 28.4 Å². The molecule has 0 saturated carbocycles. The van der Waals surface area contributed by atoms with Crippen molar-refractivity contribution in [3.63, 3.8) is 0 Å². The third kappa shape index (κ3) is 8.30. The summed E-state index contributed by atoms with van der Waals surface area (Å²) in [5.41, 5.74) is 4.25. The monoisotopic (exact) mass is 566 g/mol. The third-order valence-electron chi connectivity index (χ3n) is 7.24. The first-order valence-electron chi connectivity index (χ1n) is 14.2. The molecule has 0 aromatic heterocycles. The number of hydrogen-bond acceptors (Lipinski definition) is 6. The summed E-state index contributed by atoms with van der Waals surface area (Å²) in [4.78, 5) is 0. The Morgan fingerprint density at radius 1 is 0.405 bits per heavy atom. The van der Waals surface area contributed by atoms with E-state index in [0.717, 1.165) is 33.8 Å². The predicted molar refractivity (Wildman–Crippen MR) is 162 cm³/mol. The molecule has 5 rings (SSSR count). The van der Waals surface area contributed by atoms with Gasteiger partial charge in [0.15, 0.2) is 0 Å². The molecule has 0 saturated heterocycles. The molecule has 0 aliphatic heterocycles. The van der Waals surface area contributed by atoms with E-state index in [1.165, 1.54) is 0 Å². The van der Waals surface area contributed by atoms with E-state index in [2.05, 4.69) is 24.3 Å². The molecule has 4 atom stereocenters. The highest BCUT2D eigenvalue weighted by Gasteiger charge is 2.39. The fourth-order valence-electron chi connectivity index (χ4n) is 4.85. The lowest BCUT2D eigenvalue weighted by Crippen LogP contribution is -2.51. The van der Waals surface area contributed by atoms with Crippen molar-refractivity contribution in [3.05, 3.63) is 144 Å². The highest BCUT2D eigenvalue weighted by molar-refractivity contribution is 5.28. The van der Waals surface area contributed by atoms with Crippen molar-refractivity contribution in [1.29, 1.82) is 0 Å². The molecule has 4 aromatic rings. The Morgan fingerprint density at radius 2 is 0.738 bits per heavy atom. The standard InChI is InChI=1S/C36H38O6/c1-37-31-17-13-29(14-18-31)24-40-34-22-21-33(39-23-27-9-5-3-6-10-27)36(35(34)41-25-28-11-7-4-8-12-28)42-26-30-15-19-32(38-2)20-16-30/h3-22,33-36H,23-26H2,1-2H3/t33-,34-,35+,36+/m0/s1. The van der Waals surface area contributed by atoms with E-state index in [9.17, 15) is 0 Å². The van der Waals surface area contributed by atoms with Crippen molar-refractivity contribution in [2.45, 2.75) is 50.8 Å². The van der Waals surface area contributed by atoms with E-state index in [1.54, 1.807) is 14.2 Å². The van der Waals surface area contributed by atoms with Crippen LogP contribution in [0.1, 0.15) is 22.3 Å². The second-order valence-corrected chi connectivity index (χ2v) is 10.2. The number of benzene rings is 4. The van der Waals surface area contributed by atoms with Crippen LogP contribution in [0.2, 0.25) is 0 Å². The third-order valence-corrected chi connectivity index (χ3v) is 7.24. The van der Waals surface area contributed by atoms with Crippen LogP contribution in [-0.4, -0.2) is 38.6 Å². The smallest absolute Gasteiger partial charge is 0.118 e. The summed E-state index contributed by atoms with van der Waals surface area (Å²) in [6.07, 6.45) is 2.60. The lowest BCUT2D eigenvalue weighted by molar-refractivity contribution is -0.178. The SMILES string of the molecule is COc1ccc(CO[C@H]2[C@H](OCc3ccccc3)[C@@H](OCc3ccc(OC)cc3)C=C[C@@H]2OCc2ccccc2)cc1. The summed E-state index contributed by atoms with van der Waals surface area (Å²) in [6, 6.07) is 36.1. The molecule has 0 N–H and O–H groups in total. The Hall–Kier alpha value is -3.94. The van der Waals surface area contributed by atoms with Gasteiger partial charge >= 0.3 is 0 Å². The molecule has 6 nitrogen and oxygen atoms in total. The molecule has 1 aliphatic rings. The quantitative estimate of drug-likeness (QED) is 0.155. The molecule has 0 spiro atoms. The number of ether oxygens (including phenoxy) is 6. The Kier molecular flexibility index (Phi) is 10.8. The minimum absolute atomic E-state index is 0.329. The maximum absolute atomic E-state index is 6.62. The molecule has 42 heavy (non-hydrogen) atoms. The predicted octanol–water partition coefficient (Wildman–Crippen LogP) is 6.92. The van der Waals surface area contributed by atoms with Crippen molar-refractivity contribution in [2.75, 3.05) is 14.2 Å². The van der Waals surface area contributed by atoms with Gasteiger partial charge in [-0.05, 0) is 46.5 Å². The van der Waals surface area contributed by atoms with Crippen LogP contribution in [0.25, 0.3) is 0 Å². The van der Waals surface area contributed by atoms with Gasteiger partial charge in [-0.1, -0.05) is 97.1 Å². The highest BCUT2D eigenvalue weighted by atomic mass is 16.6. The van der Waals surface area contributed by atoms with Gasteiger partial charge in [-0.2, -0.15) is 0 Å². The first-order valence-corrected chi connectivity index (χ1v) is 14.2. The highest BCUT2D eigenvalue weighted by Crippen LogP contribution is 2.28. The summed E-state index contributed by atoms with van der Waals surface area (Å²) >= 11 is 0. The summed E-state index contributed by atoms with van der Waals surface area (Å²) < 4.78 is 36.8. The molecular formula is C36H38O6. The fraction of sp³-hybridized carbons (Fsp3) is 0.278. The average molecular weight is 567 g/mol. The van der Waals surface area contributed by atoms with Crippen LogP contribution < -0.4 is 9.47 Å². The van der Waals surface area contributed by atoms with Crippen LogP contribution >= 0.6 is 0 Å². The van der Waals surface area contributed by atoms with E-state index in [4.69, 9.17) is 28.4 Å². The van der Waals surface area contributed by atoms with Gasteiger partial charge in [0.1, 0.15) is 35.9 Å². The lowest BCUT2D eigenvalue weighted by Gasteiger charge is -2.39. The Labute approximate surface area is 248 Å². The zero-order chi connectivity index (χ0) is 29.0. The molecule has 0 bridgehead atoms. The Bertz CT molecular complexity index is 1360.